The van der Waals surface area contributed by atoms with Crippen molar-refractivity contribution in [2.45, 2.75) is 13.1 Å². The summed E-state index contributed by atoms with van der Waals surface area (Å²) in [6.07, 6.45) is -0.356. The van der Waals surface area contributed by atoms with Crippen molar-refractivity contribution < 1.29 is 0 Å². The van der Waals surface area contributed by atoms with Gasteiger partial charge in [-0.05, 0) is 30.2 Å². The van der Waals surface area contributed by atoms with E-state index < -0.39 is 0 Å². The fraction of sp³-hybridized carbons (Fsp3) is 0.118. The highest BCUT2D eigenvalue weighted by atomic mass is 16.1. The lowest BCUT2D eigenvalue weighted by Gasteiger charge is -2.28. The number of hydrogen-bond donors (Lipinski definition) is 2. The van der Waals surface area contributed by atoms with Gasteiger partial charge in [-0.1, -0.05) is 36.4 Å². The van der Waals surface area contributed by atoms with Crippen LogP contribution in [0.2, 0.25) is 0 Å². The van der Waals surface area contributed by atoms with Crippen LogP contribution in [-0.4, -0.2) is 15.5 Å². The van der Waals surface area contributed by atoms with Gasteiger partial charge in [0, 0.05) is 0 Å². The molecule has 2 heterocycles. The lowest BCUT2D eigenvalue weighted by atomic mass is 10.1. The number of hydrogen-bond acceptors (Lipinski definition) is 5. The number of nitrogens with one attached hydrogen (secondary N) is 1. The quantitative estimate of drug-likeness (QED) is 0.720. The van der Waals surface area contributed by atoms with Crippen molar-refractivity contribution in [1.29, 1.82) is 0 Å². The van der Waals surface area contributed by atoms with Gasteiger partial charge in [0.15, 0.2) is 12.1 Å². The summed E-state index contributed by atoms with van der Waals surface area (Å²) in [7, 11) is 0. The minimum atomic E-state index is -0.356. The number of fused-ring (bicyclic) bond motifs is 3. The zero-order valence-electron chi connectivity index (χ0n) is 12.5. The molecule has 0 spiro atoms. The third-order valence-corrected chi connectivity index (χ3v) is 4.04. The van der Waals surface area contributed by atoms with Crippen molar-refractivity contribution in [2.24, 2.45) is 10.7 Å². The SMILES string of the molecule is Cc1ccccc1[C@H]1N=C(N)Nc2nc(=O)c3ccccc3n21. The Bertz CT molecular complexity index is 1010. The predicted octanol–water partition coefficient (Wildman–Crippen LogP) is 1.99. The Morgan fingerprint density at radius 3 is 2.70 bits per heavy atom. The second-order valence-electron chi connectivity index (χ2n) is 5.50. The van der Waals surface area contributed by atoms with Crippen LogP contribution in [0, 0.1) is 6.92 Å². The van der Waals surface area contributed by atoms with Crippen LogP contribution < -0.4 is 16.6 Å². The number of aromatic nitrogens is 2. The first-order chi connectivity index (χ1) is 11.1. The van der Waals surface area contributed by atoms with Gasteiger partial charge in [-0.2, -0.15) is 4.98 Å². The van der Waals surface area contributed by atoms with Gasteiger partial charge < -0.3 is 5.73 Å². The molecule has 1 aromatic heterocycles. The van der Waals surface area contributed by atoms with Gasteiger partial charge in [-0.15, -0.1) is 0 Å². The summed E-state index contributed by atoms with van der Waals surface area (Å²) in [5, 5.41) is 3.45. The van der Waals surface area contributed by atoms with Crippen LogP contribution in [0.15, 0.2) is 58.3 Å². The fourth-order valence-electron chi connectivity index (χ4n) is 2.95. The molecule has 0 saturated heterocycles. The number of nitrogens with zero attached hydrogens (tertiary/aromatic N) is 3. The lowest BCUT2D eigenvalue weighted by Crippen LogP contribution is -2.35. The molecular formula is C17H15N5O. The Kier molecular flexibility index (Phi) is 2.90. The molecule has 6 heteroatoms. The van der Waals surface area contributed by atoms with Crippen LogP contribution in [0.25, 0.3) is 10.9 Å². The van der Waals surface area contributed by atoms with E-state index in [-0.39, 0.29) is 17.7 Å². The van der Waals surface area contributed by atoms with Crippen molar-refractivity contribution in [3.8, 4) is 0 Å². The van der Waals surface area contributed by atoms with Crippen molar-refractivity contribution in [3.05, 3.63) is 70.0 Å². The molecule has 1 atom stereocenters. The largest absolute Gasteiger partial charge is 0.370 e. The first kappa shape index (κ1) is 13.5. The summed E-state index contributed by atoms with van der Waals surface area (Å²) in [5.74, 6) is 0.662. The first-order valence-electron chi connectivity index (χ1n) is 7.32. The average molecular weight is 305 g/mol. The second kappa shape index (κ2) is 4.95. The van der Waals surface area contributed by atoms with Crippen LogP contribution in [0.4, 0.5) is 5.95 Å². The Morgan fingerprint density at radius 2 is 1.87 bits per heavy atom. The number of anilines is 1. The minimum absolute atomic E-state index is 0.250. The number of aliphatic imine (C=N–C) groups is 1. The number of aryl methyl sites for hydroxylation is 1. The predicted molar refractivity (Wildman–Crippen MR) is 90.6 cm³/mol. The van der Waals surface area contributed by atoms with Crippen molar-refractivity contribution in [1.82, 2.24) is 9.55 Å². The van der Waals surface area contributed by atoms with E-state index in [1.165, 1.54) is 0 Å². The topological polar surface area (TPSA) is 85.3 Å². The number of benzene rings is 2. The molecule has 0 aliphatic carbocycles. The molecular weight excluding hydrogens is 290 g/mol. The maximum atomic E-state index is 12.2. The number of para-hydroxylation sites is 1. The summed E-state index contributed by atoms with van der Waals surface area (Å²) in [5.41, 5.74) is 8.53. The molecule has 6 nitrogen and oxygen atoms in total. The third-order valence-electron chi connectivity index (χ3n) is 4.04. The summed E-state index contributed by atoms with van der Waals surface area (Å²) in [6.45, 7) is 2.03. The van der Waals surface area contributed by atoms with Crippen LogP contribution in [0.5, 0.6) is 0 Å². The van der Waals surface area contributed by atoms with E-state index in [0.717, 1.165) is 16.6 Å². The average Bonchev–Trinajstić information content (AvgIpc) is 2.54. The smallest absolute Gasteiger partial charge is 0.282 e. The third kappa shape index (κ3) is 2.07. The van der Waals surface area contributed by atoms with Crippen LogP contribution in [-0.2, 0) is 0 Å². The van der Waals surface area contributed by atoms with E-state index in [9.17, 15) is 4.79 Å². The van der Waals surface area contributed by atoms with Gasteiger partial charge in [0.2, 0.25) is 5.95 Å². The summed E-state index contributed by atoms with van der Waals surface area (Å²) >= 11 is 0. The van der Waals surface area contributed by atoms with Crippen LogP contribution in [0.1, 0.15) is 17.3 Å². The Balaban J connectivity index is 2.08. The van der Waals surface area contributed by atoms with E-state index in [0.29, 0.717) is 11.3 Å². The highest BCUT2D eigenvalue weighted by Crippen LogP contribution is 2.31. The molecule has 4 rings (SSSR count). The molecule has 0 radical (unpaired) electrons. The molecule has 23 heavy (non-hydrogen) atoms. The maximum Gasteiger partial charge on any atom is 0.282 e. The van der Waals surface area contributed by atoms with E-state index >= 15 is 0 Å². The van der Waals surface area contributed by atoms with E-state index in [2.05, 4.69) is 15.3 Å². The molecule has 0 unspecified atom stereocenters. The summed E-state index contributed by atoms with van der Waals surface area (Å²) in [6, 6.07) is 15.4. The second-order valence-corrected chi connectivity index (χ2v) is 5.50. The fourth-order valence-corrected chi connectivity index (χ4v) is 2.95. The highest BCUT2D eigenvalue weighted by Gasteiger charge is 2.25. The van der Waals surface area contributed by atoms with E-state index in [4.69, 9.17) is 5.73 Å². The van der Waals surface area contributed by atoms with Gasteiger partial charge in [-0.3, -0.25) is 14.7 Å². The van der Waals surface area contributed by atoms with Crippen molar-refractivity contribution in [3.63, 3.8) is 0 Å². The summed E-state index contributed by atoms with van der Waals surface area (Å²) < 4.78 is 1.91. The molecule has 0 amide bonds. The first-order valence-corrected chi connectivity index (χ1v) is 7.32. The van der Waals surface area contributed by atoms with Crippen LogP contribution >= 0.6 is 0 Å². The maximum absolute atomic E-state index is 12.2. The highest BCUT2D eigenvalue weighted by molar-refractivity contribution is 5.93. The van der Waals surface area contributed by atoms with Gasteiger partial charge in [0.1, 0.15) is 0 Å². The van der Waals surface area contributed by atoms with E-state index in [1.54, 1.807) is 6.07 Å². The molecule has 0 fully saturated rings. The van der Waals surface area contributed by atoms with Gasteiger partial charge in [0.25, 0.3) is 5.56 Å². The molecule has 2 aromatic carbocycles. The van der Waals surface area contributed by atoms with Gasteiger partial charge in [0.05, 0.1) is 10.9 Å². The summed E-state index contributed by atoms with van der Waals surface area (Å²) in [4.78, 5) is 20.9. The molecule has 114 valence electrons. The number of rotatable bonds is 1. The molecule has 0 saturated carbocycles. The molecule has 3 N–H and O–H groups in total. The van der Waals surface area contributed by atoms with Gasteiger partial charge >= 0.3 is 0 Å². The Labute approximate surface area is 132 Å². The van der Waals surface area contributed by atoms with E-state index in [1.807, 2.05) is 54.0 Å². The Morgan fingerprint density at radius 1 is 1.13 bits per heavy atom. The molecule has 0 bridgehead atoms. The normalized spacial score (nSPS) is 16.6. The monoisotopic (exact) mass is 305 g/mol. The standard InChI is InChI=1S/C17H15N5O/c1-10-6-2-3-7-11(10)14-19-16(18)21-17-20-15(23)12-8-4-5-9-13(12)22(14)17/h2-9,14H,1H3,(H3,18,19,20,21,23)/t14-/m0/s1. The Hall–Kier alpha value is -3.15. The molecule has 1 aliphatic heterocycles. The van der Waals surface area contributed by atoms with Crippen molar-refractivity contribution >= 4 is 22.8 Å². The minimum Gasteiger partial charge on any atom is -0.370 e. The van der Waals surface area contributed by atoms with Crippen LogP contribution in [0.3, 0.4) is 0 Å². The number of guanidine groups is 1. The molecule has 1 aliphatic rings. The zero-order valence-corrected chi connectivity index (χ0v) is 12.5. The number of nitrogens with two attached hydrogens (primary N) is 1. The van der Waals surface area contributed by atoms with Gasteiger partial charge in [-0.25, -0.2) is 4.99 Å². The zero-order chi connectivity index (χ0) is 16.0. The van der Waals surface area contributed by atoms with Crippen molar-refractivity contribution in [2.75, 3.05) is 5.32 Å². The molecule has 3 aromatic rings. The lowest BCUT2D eigenvalue weighted by molar-refractivity contribution is 0.612.